The molecule has 4 rings (SSSR count). The van der Waals surface area contributed by atoms with Gasteiger partial charge in [-0.25, -0.2) is 4.98 Å². The third-order valence-corrected chi connectivity index (χ3v) is 4.45. The fourth-order valence-electron chi connectivity index (χ4n) is 2.75. The van der Waals surface area contributed by atoms with Crippen LogP contribution in [0.2, 0.25) is 5.02 Å². The maximum absolute atomic E-state index is 12.2. The first kappa shape index (κ1) is 13.6. The van der Waals surface area contributed by atoms with E-state index in [9.17, 15) is 4.79 Å². The molecule has 1 aliphatic carbocycles. The second kappa shape index (κ2) is 4.99. The van der Waals surface area contributed by atoms with Crippen LogP contribution in [0.4, 0.5) is 0 Å². The minimum atomic E-state index is -0.0349. The van der Waals surface area contributed by atoms with Crippen LogP contribution in [-0.4, -0.2) is 14.0 Å². The van der Waals surface area contributed by atoms with Gasteiger partial charge >= 0.3 is 0 Å². The Balaban J connectivity index is 1.90. The van der Waals surface area contributed by atoms with E-state index >= 15 is 0 Å². The molecule has 0 atom stereocenters. The number of imidazole rings is 1. The Morgan fingerprint density at radius 2 is 2.00 bits per heavy atom. The largest absolute Gasteiger partial charge is 0.315 e. The van der Waals surface area contributed by atoms with Gasteiger partial charge in [0.25, 0.3) is 5.56 Å². The molecule has 112 valence electrons. The molecule has 2 aromatic heterocycles. The Morgan fingerprint density at radius 1 is 1.27 bits per heavy atom. The summed E-state index contributed by atoms with van der Waals surface area (Å²) in [5, 5.41) is 0.691. The van der Waals surface area contributed by atoms with Crippen molar-refractivity contribution in [2.45, 2.75) is 26.3 Å². The Kier molecular flexibility index (Phi) is 3.08. The Hall–Kier alpha value is -2.07. The zero-order valence-corrected chi connectivity index (χ0v) is 13.0. The van der Waals surface area contributed by atoms with Gasteiger partial charge in [0.1, 0.15) is 0 Å². The second-order valence-electron chi connectivity index (χ2n) is 5.98. The second-order valence-corrected chi connectivity index (χ2v) is 6.42. The van der Waals surface area contributed by atoms with Gasteiger partial charge in [0.15, 0.2) is 0 Å². The van der Waals surface area contributed by atoms with Crippen LogP contribution in [0.1, 0.15) is 18.5 Å². The van der Waals surface area contributed by atoms with Crippen molar-refractivity contribution in [1.29, 1.82) is 0 Å². The molecule has 22 heavy (non-hydrogen) atoms. The van der Waals surface area contributed by atoms with E-state index < -0.39 is 0 Å². The molecule has 5 heteroatoms. The van der Waals surface area contributed by atoms with Gasteiger partial charge in [-0.3, -0.25) is 9.20 Å². The third-order valence-electron chi connectivity index (χ3n) is 4.20. The van der Waals surface area contributed by atoms with E-state index in [1.165, 1.54) is 12.8 Å². The zero-order chi connectivity index (χ0) is 15.3. The first-order valence-corrected chi connectivity index (χ1v) is 7.85. The predicted octanol–water partition coefficient (Wildman–Crippen LogP) is 3.53. The molecule has 0 amide bonds. The molecule has 4 nitrogen and oxygen atoms in total. The van der Waals surface area contributed by atoms with Gasteiger partial charge in [-0.2, -0.15) is 0 Å². The van der Waals surface area contributed by atoms with Crippen molar-refractivity contribution >= 4 is 17.4 Å². The Bertz CT molecular complexity index is 904. The molecular formula is C17H16ClN3O. The normalized spacial score (nSPS) is 14.6. The monoisotopic (exact) mass is 313 g/mol. The van der Waals surface area contributed by atoms with Crippen molar-refractivity contribution in [2.75, 3.05) is 0 Å². The first-order valence-electron chi connectivity index (χ1n) is 7.47. The summed E-state index contributed by atoms with van der Waals surface area (Å²) in [6.07, 6.45) is 4.34. The van der Waals surface area contributed by atoms with Crippen molar-refractivity contribution in [3.05, 3.63) is 57.6 Å². The lowest BCUT2D eigenvalue weighted by Crippen LogP contribution is -2.19. The molecule has 3 aromatic rings. The van der Waals surface area contributed by atoms with Gasteiger partial charge in [0.05, 0.1) is 5.69 Å². The Labute approximate surface area is 133 Å². The molecule has 1 aliphatic rings. The molecule has 0 aliphatic heterocycles. The number of hydrogen-bond donors (Lipinski definition) is 0. The summed E-state index contributed by atoms with van der Waals surface area (Å²) in [6.45, 7) is 2.91. The highest BCUT2D eigenvalue weighted by atomic mass is 35.5. The fourth-order valence-corrected chi connectivity index (χ4v) is 2.88. The lowest BCUT2D eigenvalue weighted by molar-refractivity contribution is 0.610. The number of hydrogen-bond acceptors (Lipinski definition) is 2. The average Bonchev–Trinajstić information content (AvgIpc) is 3.20. The summed E-state index contributed by atoms with van der Waals surface area (Å²) in [5.41, 5.74) is 2.69. The molecule has 0 saturated heterocycles. The molecule has 1 fully saturated rings. The van der Waals surface area contributed by atoms with E-state index in [0.717, 1.165) is 35.2 Å². The van der Waals surface area contributed by atoms with Crippen molar-refractivity contribution < 1.29 is 0 Å². The van der Waals surface area contributed by atoms with E-state index in [2.05, 4.69) is 4.57 Å². The highest BCUT2D eigenvalue weighted by Crippen LogP contribution is 2.31. The van der Waals surface area contributed by atoms with Gasteiger partial charge in [-0.1, -0.05) is 23.7 Å². The summed E-state index contributed by atoms with van der Waals surface area (Å²) in [4.78, 5) is 16.9. The number of nitrogens with zero attached hydrogens (tertiary/aromatic N) is 3. The van der Waals surface area contributed by atoms with E-state index in [4.69, 9.17) is 16.6 Å². The van der Waals surface area contributed by atoms with E-state index in [-0.39, 0.29) is 5.56 Å². The fraction of sp³-hybridized carbons (Fsp3) is 0.294. The van der Waals surface area contributed by atoms with Gasteiger partial charge in [-0.05, 0) is 37.8 Å². The van der Waals surface area contributed by atoms with E-state index in [1.54, 1.807) is 10.5 Å². The highest BCUT2D eigenvalue weighted by Gasteiger charge is 2.23. The number of fused-ring (bicyclic) bond motifs is 1. The van der Waals surface area contributed by atoms with Crippen LogP contribution >= 0.6 is 11.6 Å². The smallest absolute Gasteiger partial charge is 0.259 e. The van der Waals surface area contributed by atoms with Gasteiger partial charge in [-0.15, -0.1) is 0 Å². The number of aromatic nitrogens is 3. The van der Waals surface area contributed by atoms with Gasteiger partial charge in [0, 0.05) is 35.1 Å². The molecule has 1 saturated carbocycles. The maximum Gasteiger partial charge on any atom is 0.259 e. The number of halogens is 1. The zero-order valence-electron chi connectivity index (χ0n) is 12.3. The summed E-state index contributed by atoms with van der Waals surface area (Å²) in [5.74, 6) is 1.45. The minimum absolute atomic E-state index is 0.0349. The summed E-state index contributed by atoms with van der Waals surface area (Å²) in [6, 6.07) is 9.20. The topological polar surface area (TPSA) is 39.3 Å². The molecule has 0 unspecified atom stereocenters. The van der Waals surface area contributed by atoms with Crippen LogP contribution in [0.15, 0.2) is 41.3 Å². The molecule has 2 heterocycles. The van der Waals surface area contributed by atoms with E-state index in [1.807, 2.05) is 37.4 Å². The lowest BCUT2D eigenvalue weighted by Gasteiger charge is -2.10. The standard InChI is InChI=1S/C17H16ClN3O/c1-11-8-16(22)21-10-15(13-4-6-14(18)7-5-13)19-17(21)20(11)9-12-2-3-12/h4-8,10,12H,2-3,9H2,1H3. The van der Waals surface area contributed by atoms with Crippen LogP contribution < -0.4 is 5.56 Å². The van der Waals surface area contributed by atoms with Crippen molar-refractivity contribution in [3.8, 4) is 11.3 Å². The van der Waals surface area contributed by atoms with Crippen LogP contribution in [0.5, 0.6) is 0 Å². The summed E-state index contributed by atoms with van der Waals surface area (Å²) >= 11 is 5.93. The Morgan fingerprint density at radius 3 is 2.68 bits per heavy atom. The van der Waals surface area contributed by atoms with Crippen LogP contribution in [0, 0.1) is 12.8 Å². The molecule has 0 bridgehead atoms. The SMILES string of the molecule is Cc1cc(=O)n2cc(-c3ccc(Cl)cc3)nc2n1CC1CC1. The minimum Gasteiger partial charge on any atom is -0.315 e. The average molecular weight is 314 g/mol. The van der Waals surface area contributed by atoms with E-state index in [0.29, 0.717) is 5.02 Å². The molecular weight excluding hydrogens is 298 g/mol. The van der Waals surface area contributed by atoms with Crippen molar-refractivity contribution in [1.82, 2.24) is 14.0 Å². The van der Waals surface area contributed by atoms with Crippen molar-refractivity contribution in [3.63, 3.8) is 0 Å². The highest BCUT2D eigenvalue weighted by molar-refractivity contribution is 6.30. The quantitative estimate of drug-likeness (QED) is 0.742. The summed E-state index contributed by atoms with van der Waals surface area (Å²) < 4.78 is 3.79. The maximum atomic E-state index is 12.2. The van der Waals surface area contributed by atoms with Crippen LogP contribution in [-0.2, 0) is 6.54 Å². The van der Waals surface area contributed by atoms with Crippen LogP contribution in [0.3, 0.4) is 0 Å². The van der Waals surface area contributed by atoms with Crippen molar-refractivity contribution in [2.24, 2.45) is 5.92 Å². The molecule has 0 radical (unpaired) electrons. The third kappa shape index (κ3) is 2.33. The predicted molar refractivity (Wildman–Crippen MR) is 87.4 cm³/mol. The molecule has 0 spiro atoms. The number of benzene rings is 1. The van der Waals surface area contributed by atoms with Gasteiger partial charge in [0.2, 0.25) is 5.78 Å². The summed E-state index contributed by atoms with van der Waals surface area (Å²) in [7, 11) is 0. The lowest BCUT2D eigenvalue weighted by atomic mass is 10.2. The first-order chi connectivity index (χ1) is 10.6. The molecule has 1 aromatic carbocycles. The number of aryl methyl sites for hydroxylation is 1. The number of rotatable bonds is 3. The van der Waals surface area contributed by atoms with Gasteiger partial charge < -0.3 is 4.57 Å². The molecule has 0 N–H and O–H groups in total. The van der Waals surface area contributed by atoms with Crippen LogP contribution in [0.25, 0.3) is 17.0 Å².